The maximum absolute atomic E-state index is 13.8. The number of hydrogen-bond acceptors (Lipinski definition) is 9. The quantitative estimate of drug-likeness (QED) is 0.513. The summed E-state index contributed by atoms with van der Waals surface area (Å²) in [6.45, 7) is 3.51. The number of amides is 1. The van der Waals surface area contributed by atoms with Gasteiger partial charge in [0.25, 0.3) is 5.88 Å². The summed E-state index contributed by atoms with van der Waals surface area (Å²) >= 11 is 1.30. The van der Waals surface area contributed by atoms with Crippen LogP contribution in [0.2, 0.25) is 0 Å². The highest BCUT2D eigenvalue weighted by molar-refractivity contribution is 8.01. The van der Waals surface area contributed by atoms with Gasteiger partial charge in [-0.3, -0.25) is 10.1 Å². The van der Waals surface area contributed by atoms with Crippen LogP contribution >= 0.6 is 11.8 Å². The number of carbonyl (C=O) groups excluding carboxylic acids is 1. The Morgan fingerprint density at radius 3 is 2.83 bits per heavy atom. The third-order valence-electron chi connectivity index (χ3n) is 4.42. The number of rotatable bonds is 6. The number of aromatic amines is 1. The van der Waals surface area contributed by atoms with Gasteiger partial charge in [0.1, 0.15) is 15.3 Å². The minimum Gasteiger partial charge on any atom is -0.473 e. The number of carbonyl (C=O) groups is 1. The van der Waals surface area contributed by atoms with E-state index in [1.54, 1.807) is 13.8 Å². The zero-order valence-corrected chi connectivity index (χ0v) is 16.6. The van der Waals surface area contributed by atoms with Crippen LogP contribution in [0.25, 0.3) is 11.2 Å². The monoisotopic (exact) mass is 418 g/mol. The highest BCUT2D eigenvalue weighted by Crippen LogP contribution is 2.49. The third kappa shape index (κ3) is 3.79. The lowest BCUT2D eigenvalue weighted by Gasteiger charge is -2.38. The Morgan fingerprint density at radius 1 is 1.34 bits per heavy atom. The molecule has 0 spiro atoms. The molecule has 0 saturated heterocycles. The van der Waals surface area contributed by atoms with Gasteiger partial charge in [0.05, 0.1) is 18.6 Å². The summed E-state index contributed by atoms with van der Waals surface area (Å²) in [5.41, 5.74) is 6.83. The fourth-order valence-electron chi connectivity index (χ4n) is 2.89. The fraction of sp³-hybridized carbons (Fsp3) is 0.412. The molecule has 152 valence electrons. The van der Waals surface area contributed by atoms with E-state index in [1.165, 1.54) is 18.1 Å². The van der Waals surface area contributed by atoms with Crippen molar-refractivity contribution in [1.82, 2.24) is 29.9 Å². The van der Waals surface area contributed by atoms with E-state index < -0.39 is 10.6 Å². The van der Waals surface area contributed by atoms with E-state index in [0.29, 0.717) is 29.0 Å². The topological polar surface area (TPSA) is 145 Å². The van der Waals surface area contributed by atoms with Gasteiger partial charge in [-0.15, -0.1) is 0 Å². The van der Waals surface area contributed by atoms with E-state index >= 15 is 0 Å². The van der Waals surface area contributed by atoms with Crippen molar-refractivity contribution in [2.45, 2.75) is 49.0 Å². The molecule has 3 heterocycles. The second-order valence-corrected chi connectivity index (χ2v) is 8.28. The van der Waals surface area contributed by atoms with Crippen molar-refractivity contribution in [3.8, 4) is 5.88 Å². The van der Waals surface area contributed by atoms with Gasteiger partial charge in [-0.05, 0) is 33.1 Å². The van der Waals surface area contributed by atoms with Crippen LogP contribution in [-0.4, -0.2) is 46.7 Å². The Hall–Kier alpha value is -3.02. The maximum atomic E-state index is 13.8. The molecule has 1 aliphatic rings. The number of imidazole rings is 1. The predicted octanol–water partition coefficient (Wildman–Crippen LogP) is 2.30. The number of nitrogens with zero attached hydrogens (tertiary/aromatic N) is 5. The van der Waals surface area contributed by atoms with Gasteiger partial charge in [0.2, 0.25) is 23.6 Å². The first-order chi connectivity index (χ1) is 13.9. The SMILES string of the molecule is CC(C)Oc1nc(NC(=O)C2(Sc3nc(N)nc4nc[nH]c34)CCC2)ncc1F. The number of H-pyrrole nitrogens is 1. The predicted molar refractivity (Wildman–Crippen MR) is 105 cm³/mol. The number of hydrogen-bond donors (Lipinski definition) is 3. The van der Waals surface area contributed by atoms with E-state index in [-0.39, 0.29) is 29.8 Å². The van der Waals surface area contributed by atoms with Crippen LogP contribution in [0.5, 0.6) is 5.88 Å². The number of nitrogens with one attached hydrogen (secondary N) is 2. The molecular weight excluding hydrogens is 399 g/mol. The highest BCUT2D eigenvalue weighted by Gasteiger charge is 2.46. The molecule has 0 atom stereocenters. The summed E-state index contributed by atoms with van der Waals surface area (Å²) in [5, 5.41) is 3.22. The van der Waals surface area contributed by atoms with E-state index in [0.717, 1.165) is 12.6 Å². The second kappa shape index (κ2) is 7.43. The minimum atomic E-state index is -0.768. The molecule has 1 amide bonds. The lowest BCUT2D eigenvalue weighted by atomic mass is 9.83. The second-order valence-electron chi connectivity index (χ2n) is 6.91. The number of halogens is 1. The van der Waals surface area contributed by atoms with E-state index in [4.69, 9.17) is 10.5 Å². The number of anilines is 2. The molecule has 1 fully saturated rings. The summed E-state index contributed by atoms with van der Waals surface area (Å²) in [4.78, 5) is 36.3. The summed E-state index contributed by atoms with van der Waals surface area (Å²) in [6.07, 6.45) is 4.37. The number of fused-ring (bicyclic) bond motifs is 1. The average molecular weight is 418 g/mol. The molecule has 0 bridgehead atoms. The first-order valence-corrected chi connectivity index (χ1v) is 9.84. The van der Waals surface area contributed by atoms with Crippen molar-refractivity contribution in [3.63, 3.8) is 0 Å². The van der Waals surface area contributed by atoms with Crippen molar-refractivity contribution in [3.05, 3.63) is 18.3 Å². The van der Waals surface area contributed by atoms with Gasteiger partial charge >= 0.3 is 0 Å². The Bertz CT molecular complexity index is 1070. The van der Waals surface area contributed by atoms with Crippen LogP contribution in [-0.2, 0) is 4.79 Å². The lowest BCUT2D eigenvalue weighted by molar-refractivity contribution is -0.120. The molecule has 0 radical (unpaired) electrons. The molecule has 0 unspecified atom stereocenters. The van der Waals surface area contributed by atoms with Gasteiger partial charge in [-0.1, -0.05) is 11.8 Å². The normalized spacial score (nSPS) is 15.3. The molecular formula is C17H19FN8O2S. The number of aromatic nitrogens is 6. The van der Waals surface area contributed by atoms with Gasteiger partial charge in [0, 0.05) is 0 Å². The van der Waals surface area contributed by atoms with Crippen molar-refractivity contribution >= 4 is 40.7 Å². The molecule has 10 nitrogen and oxygen atoms in total. The Balaban J connectivity index is 1.57. The third-order valence-corrected chi connectivity index (χ3v) is 5.89. The van der Waals surface area contributed by atoms with Crippen molar-refractivity contribution in [2.75, 3.05) is 11.1 Å². The first-order valence-electron chi connectivity index (χ1n) is 9.02. The largest absolute Gasteiger partial charge is 0.473 e. The van der Waals surface area contributed by atoms with Crippen LogP contribution < -0.4 is 15.8 Å². The minimum absolute atomic E-state index is 0.0205. The van der Waals surface area contributed by atoms with Crippen molar-refractivity contribution in [1.29, 1.82) is 0 Å². The molecule has 0 aromatic carbocycles. The molecule has 0 aliphatic heterocycles. The highest BCUT2D eigenvalue weighted by atomic mass is 32.2. The van der Waals surface area contributed by atoms with E-state index in [2.05, 4.69) is 35.2 Å². The number of thioether (sulfide) groups is 1. The van der Waals surface area contributed by atoms with Crippen molar-refractivity contribution in [2.24, 2.45) is 0 Å². The Kier molecular flexibility index (Phi) is 4.94. The van der Waals surface area contributed by atoms with Crippen LogP contribution in [0.15, 0.2) is 17.6 Å². The Labute approximate surface area is 169 Å². The summed E-state index contributed by atoms with van der Waals surface area (Å²) in [6, 6.07) is 0. The molecule has 12 heteroatoms. The summed E-state index contributed by atoms with van der Waals surface area (Å²) < 4.78 is 18.4. The lowest BCUT2D eigenvalue weighted by Crippen LogP contribution is -2.46. The van der Waals surface area contributed by atoms with Crippen LogP contribution in [0.1, 0.15) is 33.1 Å². The van der Waals surface area contributed by atoms with Gasteiger partial charge < -0.3 is 15.5 Å². The molecule has 4 N–H and O–H groups in total. The van der Waals surface area contributed by atoms with Gasteiger partial charge in [0.15, 0.2) is 5.65 Å². The smallest absolute Gasteiger partial charge is 0.255 e. The van der Waals surface area contributed by atoms with Gasteiger partial charge in [-0.25, -0.2) is 15.0 Å². The molecule has 1 aliphatic carbocycles. The fourth-order valence-corrected chi connectivity index (χ4v) is 4.29. The van der Waals surface area contributed by atoms with Gasteiger partial charge in [-0.2, -0.15) is 14.4 Å². The van der Waals surface area contributed by atoms with Crippen LogP contribution in [0.3, 0.4) is 0 Å². The zero-order valence-electron chi connectivity index (χ0n) is 15.8. The van der Waals surface area contributed by atoms with E-state index in [9.17, 15) is 9.18 Å². The van der Waals surface area contributed by atoms with E-state index in [1.807, 2.05) is 0 Å². The molecule has 4 rings (SSSR count). The summed E-state index contributed by atoms with van der Waals surface area (Å²) in [5.74, 6) is -1.13. The maximum Gasteiger partial charge on any atom is 0.255 e. The number of nitrogens with two attached hydrogens (primary N) is 1. The molecule has 1 saturated carbocycles. The van der Waals surface area contributed by atoms with Crippen LogP contribution in [0, 0.1) is 5.82 Å². The first kappa shape index (κ1) is 19.3. The molecule has 29 heavy (non-hydrogen) atoms. The number of nitrogen functional groups attached to an aromatic ring is 1. The van der Waals surface area contributed by atoms with Crippen molar-refractivity contribution < 1.29 is 13.9 Å². The molecule has 3 aromatic heterocycles. The van der Waals surface area contributed by atoms with Crippen LogP contribution in [0.4, 0.5) is 16.3 Å². The standard InChI is InChI=1S/C17H19FN8O2S/c1-8(2)28-12-9(18)6-20-16(24-12)26-14(27)17(4-3-5-17)29-13-10-11(22-7-21-10)23-15(19)25-13/h6-8H,3-5H2,1-2H3,(H,20,24,26,27)(H3,19,21,22,23,25). The Morgan fingerprint density at radius 2 is 2.14 bits per heavy atom. The molecule has 3 aromatic rings. The summed E-state index contributed by atoms with van der Waals surface area (Å²) in [7, 11) is 0. The number of ether oxygens (including phenoxy) is 1. The zero-order chi connectivity index (χ0) is 20.6. The average Bonchev–Trinajstić information content (AvgIpc) is 3.08.